The van der Waals surface area contributed by atoms with E-state index in [9.17, 15) is 18.8 Å². The van der Waals surface area contributed by atoms with Crippen LogP contribution in [0.25, 0.3) is 0 Å². The SMILES string of the molecule is COc1cccc(CNC(=O)N2CCC(N3CCN(Cc4cccc(F)c4)C(=O)C3=O)CC2)c1. The van der Waals surface area contributed by atoms with E-state index in [1.807, 2.05) is 24.3 Å². The number of piperazine rings is 1. The van der Waals surface area contributed by atoms with Crippen molar-refractivity contribution in [2.45, 2.75) is 32.0 Å². The molecular formula is C25H29FN4O4. The first-order valence-electron chi connectivity index (χ1n) is 11.4. The number of nitrogens with zero attached hydrogens (tertiary/aromatic N) is 3. The molecule has 0 radical (unpaired) electrons. The Balaban J connectivity index is 1.25. The maximum Gasteiger partial charge on any atom is 0.317 e. The molecule has 0 aliphatic carbocycles. The number of urea groups is 1. The van der Waals surface area contributed by atoms with Crippen LogP contribution >= 0.6 is 0 Å². The van der Waals surface area contributed by atoms with Gasteiger partial charge in [0.25, 0.3) is 0 Å². The maximum absolute atomic E-state index is 13.4. The Labute approximate surface area is 198 Å². The fourth-order valence-corrected chi connectivity index (χ4v) is 4.50. The van der Waals surface area contributed by atoms with E-state index in [1.165, 1.54) is 17.0 Å². The fraction of sp³-hybridized carbons (Fsp3) is 0.400. The van der Waals surface area contributed by atoms with Gasteiger partial charge in [-0.15, -0.1) is 0 Å². The van der Waals surface area contributed by atoms with Crippen molar-refractivity contribution in [3.05, 3.63) is 65.5 Å². The minimum atomic E-state index is -0.561. The average molecular weight is 469 g/mol. The number of benzene rings is 2. The third kappa shape index (κ3) is 5.47. The van der Waals surface area contributed by atoms with Crippen LogP contribution in [0, 0.1) is 5.82 Å². The topological polar surface area (TPSA) is 82.2 Å². The molecule has 2 heterocycles. The zero-order valence-electron chi connectivity index (χ0n) is 19.2. The van der Waals surface area contributed by atoms with Gasteiger partial charge in [0.2, 0.25) is 0 Å². The zero-order valence-corrected chi connectivity index (χ0v) is 19.2. The van der Waals surface area contributed by atoms with Gasteiger partial charge in [-0.1, -0.05) is 24.3 Å². The number of carbonyl (C=O) groups is 3. The third-order valence-corrected chi connectivity index (χ3v) is 6.37. The number of nitrogens with one attached hydrogen (secondary N) is 1. The molecule has 4 amide bonds. The van der Waals surface area contributed by atoms with Gasteiger partial charge in [0.05, 0.1) is 7.11 Å². The predicted molar refractivity (Wildman–Crippen MR) is 123 cm³/mol. The second-order valence-electron chi connectivity index (χ2n) is 8.58. The highest BCUT2D eigenvalue weighted by atomic mass is 19.1. The molecule has 0 bridgehead atoms. The lowest BCUT2D eigenvalue weighted by Gasteiger charge is -2.42. The van der Waals surface area contributed by atoms with Crippen LogP contribution in [0.3, 0.4) is 0 Å². The van der Waals surface area contributed by atoms with E-state index in [-0.39, 0.29) is 24.4 Å². The number of halogens is 1. The van der Waals surface area contributed by atoms with Crippen molar-refractivity contribution < 1.29 is 23.5 Å². The summed E-state index contributed by atoms with van der Waals surface area (Å²) >= 11 is 0. The molecule has 2 aromatic rings. The van der Waals surface area contributed by atoms with Crippen molar-refractivity contribution >= 4 is 17.8 Å². The van der Waals surface area contributed by atoms with Crippen LogP contribution < -0.4 is 10.1 Å². The summed E-state index contributed by atoms with van der Waals surface area (Å²) in [5.41, 5.74) is 1.60. The van der Waals surface area contributed by atoms with E-state index in [0.717, 1.165) is 11.3 Å². The number of rotatable bonds is 6. The molecule has 1 N–H and O–H groups in total. The Morgan fingerprint density at radius 1 is 1.00 bits per heavy atom. The highest BCUT2D eigenvalue weighted by molar-refractivity contribution is 6.35. The highest BCUT2D eigenvalue weighted by Crippen LogP contribution is 2.21. The number of carbonyl (C=O) groups excluding carboxylic acids is 3. The number of piperidine rings is 1. The summed E-state index contributed by atoms with van der Waals surface area (Å²) in [4.78, 5) is 42.9. The van der Waals surface area contributed by atoms with E-state index in [0.29, 0.717) is 51.1 Å². The van der Waals surface area contributed by atoms with E-state index in [2.05, 4.69) is 5.32 Å². The largest absolute Gasteiger partial charge is 0.497 e. The van der Waals surface area contributed by atoms with Gasteiger partial charge in [-0.3, -0.25) is 9.59 Å². The standard InChI is InChI=1S/C25H29FN4O4/c1-34-22-7-3-4-18(15-22)16-27-25(33)28-10-8-21(9-11-28)30-13-12-29(23(31)24(30)32)17-19-5-2-6-20(26)14-19/h2-7,14-15,21H,8-13,16-17H2,1H3,(H,27,33). The molecule has 180 valence electrons. The molecule has 0 unspecified atom stereocenters. The number of likely N-dealkylation sites (tertiary alicyclic amines) is 1. The van der Waals surface area contributed by atoms with E-state index in [4.69, 9.17) is 4.74 Å². The van der Waals surface area contributed by atoms with Gasteiger partial charge in [-0.05, 0) is 48.2 Å². The summed E-state index contributed by atoms with van der Waals surface area (Å²) in [6, 6.07) is 13.4. The van der Waals surface area contributed by atoms with Crippen molar-refractivity contribution in [1.82, 2.24) is 20.0 Å². The van der Waals surface area contributed by atoms with Gasteiger partial charge >= 0.3 is 17.8 Å². The van der Waals surface area contributed by atoms with Crippen molar-refractivity contribution in [2.24, 2.45) is 0 Å². The molecule has 34 heavy (non-hydrogen) atoms. The number of amides is 4. The van der Waals surface area contributed by atoms with E-state index >= 15 is 0 Å². The predicted octanol–water partition coefficient (Wildman–Crippen LogP) is 2.38. The Hall–Kier alpha value is -3.62. The van der Waals surface area contributed by atoms with Crippen LogP contribution in [0.1, 0.15) is 24.0 Å². The van der Waals surface area contributed by atoms with Crippen LogP contribution in [-0.4, -0.2) is 71.9 Å². The lowest BCUT2D eigenvalue weighted by atomic mass is 10.0. The van der Waals surface area contributed by atoms with Crippen LogP contribution in [0.2, 0.25) is 0 Å². The molecule has 2 aromatic carbocycles. The summed E-state index contributed by atoms with van der Waals surface area (Å²) in [5.74, 6) is -0.713. The molecule has 8 nitrogen and oxygen atoms in total. The second-order valence-corrected chi connectivity index (χ2v) is 8.58. The zero-order chi connectivity index (χ0) is 24.1. The van der Waals surface area contributed by atoms with Crippen LogP contribution in [0.4, 0.5) is 9.18 Å². The smallest absolute Gasteiger partial charge is 0.317 e. The Bertz CT molecular complexity index is 1050. The minimum absolute atomic E-state index is 0.0739. The van der Waals surface area contributed by atoms with Crippen molar-refractivity contribution in [2.75, 3.05) is 33.3 Å². The highest BCUT2D eigenvalue weighted by Gasteiger charge is 2.38. The van der Waals surface area contributed by atoms with Crippen LogP contribution in [0.15, 0.2) is 48.5 Å². The lowest BCUT2D eigenvalue weighted by Crippen LogP contribution is -2.59. The lowest BCUT2D eigenvalue weighted by molar-refractivity contribution is -0.158. The first kappa shape index (κ1) is 23.5. The fourth-order valence-electron chi connectivity index (χ4n) is 4.50. The molecule has 0 atom stereocenters. The Kier molecular flexibility index (Phi) is 7.30. The summed E-state index contributed by atoms with van der Waals surface area (Å²) in [7, 11) is 1.60. The number of hydrogen-bond donors (Lipinski definition) is 1. The van der Waals surface area contributed by atoms with Gasteiger partial charge in [0, 0.05) is 45.3 Å². The van der Waals surface area contributed by atoms with Crippen LogP contribution in [-0.2, 0) is 22.7 Å². The molecule has 0 spiro atoms. The van der Waals surface area contributed by atoms with Gasteiger partial charge in [0.15, 0.2) is 0 Å². The molecule has 4 rings (SSSR count). The first-order valence-corrected chi connectivity index (χ1v) is 11.4. The molecule has 2 aliphatic heterocycles. The Morgan fingerprint density at radius 3 is 2.47 bits per heavy atom. The molecule has 0 saturated carbocycles. The number of methoxy groups -OCH3 is 1. The molecule has 2 aliphatic rings. The van der Waals surface area contributed by atoms with Gasteiger partial charge in [-0.2, -0.15) is 0 Å². The monoisotopic (exact) mass is 468 g/mol. The van der Waals surface area contributed by atoms with Gasteiger partial charge < -0.3 is 24.8 Å². The maximum atomic E-state index is 13.4. The van der Waals surface area contributed by atoms with Gasteiger partial charge in [0.1, 0.15) is 11.6 Å². The molecule has 9 heteroatoms. The number of ether oxygens (including phenoxy) is 1. The minimum Gasteiger partial charge on any atom is -0.497 e. The van der Waals surface area contributed by atoms with E-state index < -0.39 is 11.8 Å². The first-order chi connectivity index (χ1) is 16.4. The van der Waals surface area contributed by atoms with E-state index in [1.54, 1.807) is 29.0 Å². The van der Waals surface area contributed by atoms with Crippen molar-refractivity contribution in [3.63, 3.8) is 0 Å². The molecular weight excluding hydrogens is 439 g/mol. The summed E-state index contributed by atoms with van der Waals surface area (Å²) in [6.07, 6.45) is 1.24. The third-order valence-electron chi connectivity index (χ3n) is 6.37. The molecule has 0 aromatic heterocycles. The summed E-state index contributed by atoms with van der Waals surface area (Å²) < 4.78 is 18.6. The second kappa shape index (κ2) is 10.5. The number of hydrogen-bond acceptors (Lipinski definition) is 4. The Morgan fingerprint density at radius 2 is 1.74 bits per heavy atom. The van der Waals surface area contributed by atoms with Crippen molar-refractivity contribution in [1.29, 1.82) is 0 Å². The van der Waals surface area contributed by atoms with Crippen molar-refractivity contribution in [3.8, 4) is 5.75 Å². The van der Waals surface area contributed by atoms with Crippen LogP contribution in [0.5, 0.6) is 5.75 Å². The van der Waals surface area contributed by atoms with Gasteiger partial charge in [-0.25, -0.2) is 9.18 Å². The molecule has 2 saturated heterocycles. The summed E-state index contributed by atoms with van der Waals surface area (Å²) in [6.45, 7) is 2.48. The quantitative estimate of drug-likeness (QED) is 0.660. The normalized spacial score (nSPS) is 17.2. The molecule has 2 fully saturated rings. The average Bonchev–Trinajstić information content (AvgIpc) is 2.86. The summed E-state index contributed by atoms with van der Waals surface area (Å²) in [5, 5.41) is 2.93.